The molecule has 0 saturated carbocycles. The first-order chi connectivity index (χ1) is 8.20. The molecule has 2 N–H and O–H groups in total. The summed E-state index contributed by atoms with van der Waals surface area (Å²) in [5.74, 6) is 0.690. The van der Waals surface area contributed by atoms with E-state index in [2.05, 4.69) is 20.2 Å². The molecule has 0 aliphatic rings. The Balaban J connectivity index is 2.58. The van der Waals surface area contributed by atoms with E-state index < -0.39 is 0 Å². The largest absolute Gasteiger partial charge is 0.495 e. The van der Waals surface area contributed by atoms with E-state index in [9.17, 15) is 0 Å². The van der Waals surface area contributed by atoms with Crippen molar-refractivity contribution in [2.24, 2.45) is 0 Å². The minimum atomic E-state index is 0.319. The normalized spacial score (nSPS) is 11.2. The molecule has 7 heteroatoms. The third-order valence-electron chi connectivity index (χ3n) is 2.52. The van der Waals surface area contributed by atoms with E-state index in [1.54, 1.807) is 19.2 Å². The van der Waals surface area contributed by atoms with Gasteiger partial charge >= 0.3 is 0 Å². The van der Waals surface area contributed by atoms with Gasteiger partial charge < -0.3 is 9.72 Å². The first-order valence-electron chi connectivity index (χ1n) is 4.81. The molecule has 0 bridgehead atoms. The van der Waals surface area contributed by atoms with Crippen molar-refractivity contribution in [1.29, 1.82) is 0 Å². The van der Waals surface area contributed by atoms with E-state index in [4.69, 9.17) is 28.6 Å². The van der Waals surface area contributed by atoms with E-state index in [1.165, 1.54) is 0 Å². The molecule has 0 amide bonds. The second kappa shape index (κ2) is 3.68. The molecule has 0 radical (unpaired) electrons. The average molecular weight is 267 g/mol. The molecule has 0 aliphatic heterocycles. The Labute approximate surface area is 106 Å². The van der Waals surface area contributed by atoms with Gasteiger partial charge in [-0.3, -0.25) is 5.10 Å². The van der Waals surface area contributed by atoms with Crippen LogP contribution >= 0.6 is 23.8 Å². The lowest BCUT2D eigenvalue weighted by molar-refractivity contribution is 0.419. The molecule has 0 unspecified atom stereocenters. The van der Waals surface area contributed by atoms with Crippen LogP contribution in [0.1, 0.15) is 0 Å². The first kappa shape index (κ1) is 10.5. The van der Waals surface area contributed by atoms with E-state index in [0.717, 1.165) is 10.9 Å². The number of rotatable bonds is 1. The van der Waals surface area contributed by atoms with Crippen LogP contribution in [0, 0.1) is 4.77 Å². The van der Waals surface area contributed by atoms with Crippen molar-refractivity contribution in [1.82, 2.24) is 20.2 Å². The van der Waals surface area contributed by atoms with Crippen molar-refractivity contribution in [2.75, 3.05) is 7.11 Å². The van der Waals surface area contributed by atoms with Gasteiger partial charge in [0, 0.05) is 0 Å². The van der Waals surface area contributed by atoms with E-state index in [0.29, 0.717) is 26.7 Å². The molecule has 17 heavy (non-hydrogen) atoms. The third-order valence-corrected chi connectivity index (χ3v) is 3.01. The third kappa shape index (κ3) is 1.49. The fourth-order valence-corrected chi connectivity index (χ4v) is 2.18. The first-order valence-corrected chi connectivity index (χ1v) is 5.60. The van der Waals surface area contributed by atoms with Gasteiger partial charge in [0.1, 0.15) is 11.3 Å². The predicted molar refractivity (Wildman–Crippen MR) is 68.1 cm³/mol. The fourth-order valence-electron chi connectivity index (χ4n) is 1.80. The number of hydrogen-bond acceptors (Lipinski definition) is 4. The number of hydrogen-bond donors (Lipinski definition) is 2. The summed E-state index contributed by atoms with van der Waals surface area (Å²) < 4.78 is 5.58. The average Bonchev–Trinajstić information content (AvgIpc) is 2.68. The highest BCUT2D eigenvalue weighted by atomic mass is 35.5. The Hall–Kier alpha value is -1.66. The van der Waals surface area contributed by atoms with Crippen LogP contribution in [0.25, 0.3) is 22.1 Å². The monoisotopic (exact) mass is 266 g/mol. The molecule has 0 fully saturated rings. The van der Waals surface area contributed by atoms with Crippen molar-refractivity contribution >= 4 is 45.9 Å². The Morgan fingerprint density at radius 2 is 2.24 bits per heavy atom. The molecule has 86 valence electrons. The molecule has 0 spiro atoms. The summed E-state index contributed by atoms with van der Waals surface area (Å²) in [6.45, 7) is 0. The van der Waals surface area contributed by atoms with Crippen molar-refractivity contribution in [3.05, 3.63) is 21.9 Å². The van der Waals surface area contributed by atoms with E-state index in [1.807, 2.05) is 0 Å². The van der Waals surface area contributed by atoms with Crippen LogP contribution in [0.15, 0.2) is 12.1 Å². The van der Waals surface area contributed by atoms with Crippen LogP contribution in [0.4, 0.5) is 0 Å². The summed E-state index contributed by atoms with van der Waals surface area (Å²) in [7, 11) is 1.60. The maximum atomic E-state index is 6.16. The molecular formula is C10H7ClN4OS. The summed E-state index contributed by atoms with van der Waals surface area (Å²) in [6.07, 6.45) is 0. The molecule has 2 aromatic heterocycles. The van der Waals surface area contributed by atoms with Crippen LogP contribution in [0.3, 0.4) is 0 Å². The van der Waals surface area contributed by atoms with Gasteiger partial charge in [-0.25, -0.2) is 0 Å². The lowest BCUT2D eigenvalue weighted by Gasteiger charge is -2.01. The minimum Gasteiger partial charge on any atom is -0.495 e. The van der Waals surface area contributed by atoms with Crippen LogP contribution in [-0.4, -0.2) is 27.3 Å². The van der Waals surface area contributed by atoms with Gasteiger partial charge in [0.2, 0.25) is 4.77 Å². The van der Waals surface area contributed by atoms with Crippen LogP contribution < -0.4 is 4.74 Å². The van der Waals surface area contributed by atoms with Crippen LogP contribution in [0.5, 0.6) is 5.75 Å². The number of aromatic nitrogens is 4. The second-order valence-corrected chi connectivity index (χ2v) is 4.26. The molecule has 1 aromatic carbocycles. The summed E-state index contributed by atoms with van der Waals surface area (Å²) in [5.41, 5.74) is 2.01. The van der Waals surface area contributed by atoms with Gasteiger partial charge in [-0.2, -0.15) is 10.1 Å². The lowest BCUT2D eigenvalue weighted by Crippen LogP contribution is -1.86. The summed E-state index contributed by atoms with van der Waals surface area (Å²) in [5, 5.41) is 8.16. The van der Waals surface area contributed by atoms with Gasteiger partial charge in [-0.05, 0) is 24.4 Å². The number of nitrogens with one attached hydrogen (secondary N) is 2. The number of nitrogens with zero attached hydrogens (tertiary/aromatic N) is 2. The Kier molecular flexibility index (Phi) is 2.27. The lowest BCUT2D eigenvalue weighted by atomic mass is 10.2. The molecule has 3 aromatic rings. The Bertz CT molecular complexity index is 779. The highest BCUT2D eigenvalue weighted by Gasteiger charge is 2.13. The van der Waals surface area contributed by atoms with E-state index in [-0.39, 0.29) is 0 Å². The maximum absolute atomic E-state index is 6.16. The zero-order valence-electron chi connectivity index (χ0n) is 8.74. The van der Waals surface area contributed by atoms with Crippen molar-refractivity contribution in [3.63, 3.8) is 0 Å². The van der Waals surface area contributed by atoms with Crippen molar-refractivity contribution < 1.29 is 4.74 Å². The minimum absolute atomic E-state index is 0.319. The molecular weight excluding hydrogens is 260 g/mol. The van der Waals surface area contributed by atoms with Gasteiger partial charge in [0.25, 0.3) is 0 Å². The van der Waals surface area contributed by atoms with E-state index >= 15 is 0 Å². The SMILES string of the molecule is COc1ccc(Cl)c2c1[nH]c1nc(=S)[nH]nc12. The maximum Gasteiger partial charge on any atom is 0.215 e. The summed E-state index contributed by atoms with van der Waals surface area (Å²) in [4.78, 5) is 7.27. The summed E-state index contributed by atoms with van der Waals surface area (Å²) in [6, 6.07) is 3.55. The summed E-state index contributed by atoms with van der Waals surface area (Å²) >= 11 is 11.1. The Morgan fingerprint density at radius 3 is 3.00 bits per heavy atom. The van der Waals surface area contributed by atoms with Crippen molar-refractivity contribution in [2.45, 2.75) is 0 Å². The molecule has 0 saturated heterocycles. The second-order valence-electron chi connectivity index (χ2n) is 3.46. The highest BCUT2D eigenvalue weighted by molar-refractivity contribution is 7.71. The topological polar surface area (TPSA) is 66.6 Å². The highest BCUT2D eigenvalue weighted by Crippen LogP contribution is 2.34. The zero-order chi connectivity index (χ0) is 12.0. The number of methoxy groups -OCH3 is 1. The van der Waals surface area contributed by atoms with Gasteiger partial charge in [0.05, 0.1) is 23.0 Å². The smallest absolute Gasteiger partial charge is 0.215 e. The standard InChI is InChI=1S/C10H7ClN4OS/c1-16-5-3-2-4(11)6-7(5)12-9-8(6)14-15-10(17)13-9/h2-3H,1H3,(H2,12,13,15,17). The zero-order valence-corrected chi connectivity index (χ0v) is 10.3. The molecule has 0 atom stereocenters. The number of fused-ring (bicyclic) bond motifs is 3. The van der Waals surface area contributed by atoms with Gasteiger partial charge in [-0.1, -0.05) is 11.6 Å². The number of H-pyrrole nitrogens is 2. The van der Waals surface area contributed by atoms with Crippen LogP contribution in [0.2, 0.25) is 5.02 Å². The number of halogens is 1. The Morgan fingerprint density at radius 1 is 1.41 bits per heavy atom. The number of aromatic amines is 2. The predicted octanol–water partition coefficient (Wildman–Crippen LogP) is 2.83. The number of ether oxygens (including phenoxy) is 1. The molecule has 3 rings (SSSR count). The molecule has 0 aliphatic carbocycles. The van der Waals surface area contributed by atoms with Crippen LogP contribution in [-0.2, 0) is 0 Å². The quantitative estimate of drug-likeness (QED) is 0.665. The van der Waals surface area contributed by atoms with Crippen molar-refractivity contribution in [3.8, 4) is 5.75 Å². The number of benzene rings is 1. The molecule has 5 nitrogen and oxygen atoms in total. The van der Waals surface area contributed by atoms with Gasteiger partial charge in [-0.15, -0.1) is 0 Å². The van der Waals surface area contributed by atoms with Gasteiger partial charge in [0.15, 0.2) is 5.65 Å². The fraction of sp³-hybridized carbons (Fsp3) is 0.100. The molecule has 2 heterocycles.